The van der Waals surface area contributed by atoms with Crippen molar-refractivity contribution in [1.82, 2.24) is 4.90 Å². The zero-order valence-corrected chi connectivity index (χ0v) is 14.7. The Labute approximate surface area is 152 Å². The Morgan fingerprint density at radius 3 is 2.50 bits per heavy atom. The molecule has 0 saturated carbocycles. The minimum atomic E-state index is -0.207. The summed E-state index contributed by atoms with van der Waals surface area (Å²) in [5.41, 5.74) is 10.9. The largest absolute Gasteiger partial charge is 0.372 e. The quantitative estimate of drug-likeness (QED) is 0.680. The Morgan fingerprint density at radius 2 is 1.73 bits per heavy atom. The fraction of sp³-hybridized carbons (Fsp3) is 0.350. The van der Waals surface area contributed by atoms with E-state index in [1.807, 2.05) is 12.1 Å². The molecule has 0 bridgehead atoms. The highest BCUT2D eigenvalue weighted by atomic mass is 19.1. The average molecular weight is 354 g/mol. The Balaban J connectivity index is 1.33. The molecule has 136 valence electrons. The monoisotopic (exact) mass is 354 g/mol. The fourth-order valence-corrected chi connectivity index (χ4v) is 3.44. The molecule has 2 aromatic rings. The lowest BCUT2D eigenvalue weighted by atomic mass is 10.1. The molecule has 2 aliphatic heterocycles. The summed E-state index contributed by atoms with van der Waals surface area (Å²) >= 11 is 0. The first-order valence-corrected chi connectivity index (χ1v) is 8.93. The molecule has 2 aliphatic rings. The van der Waals surface area contributed by atoms with Crippen molar-refractivity contribution >= 4 is 11.6 Å². The second-order valence-electron chi connectivity index (χ2n) is 6.72. The van der Waals surface area contributed by atoms with Gasteiger partial charge in [-0.05, 0) is 41.0 Å². The van der Waals surface area contributed by atoms with Crippen molar-refractivity contribution in [2.45, 2.75) is 19.8 Å². The molecule has 0 aromatic heterocycles. The van der Waals surface area contributed by atoms with Gasteiger partial charge in [0.25, 0.3) is 0 Å². The van der Waals surface area contributed by atoms with Crippen LogP contribution in [0.5, 0.6) is 0 Å². The summed E-state index contributed by atoms with van der Waals surface area (Å²) in [4.78, 5) is 8.91. The first-order chi connectivity index (χ1) is 12.7. The standard InChI is InChI=1S/C20H23FN4O/c21-18-3-5-19(6-4-18)24-7-9-25(10-8-24)20(22)23-12-15-1-2-16-13-26-14-17(16)11-15/h1-6,11H,7-10,12-14H2,(H2,22,23). The molecule has 1 fully saturated rings. The predicted molar refractivity (Wildman–Crippen MR) is 100 cm³/mol. The molecule has 2 N–H and O–H groups in total. The molecule has 4 rings (SSSR count). The number of anilines is 1. The maximum atomic E-state index is 13.1. The van der Waals surface area contributed by atoms with Gasteiger partial charge in [-0.2, -0.15) is 0 Å². The summed E-state index contributed by atoms with van der Waals surface area (Å²) in [5.74, 6) is 0.377. The van der Waals surface area contributed by atoms with E-state index in [1.54, 1.807) is 0 Å². The van der Waals surface area contributed by atoms with Crippen LogP contribution in [0.3, 0.4) is 0 Å². The SMILES string of the molecule is NC(=NCc1ccc2c(c1)COC2)N1CCN(c2ccc(F)cc2)CC1. The summed E-state index contributed by atoms with van der Waals surface area (Å²) in [5, 5.41) is 0. The minimum Gasteiger partial charge on any atom is -0.372 e. The van der Waals surface area contributed by atoms with Gasteiger partial charge in [0.1, 0.15) is 5.82 Å². The molecule has 0 aliphatic carbocycles. The van der Waals surface area contributed by atoms with Gasteiger partial charge in [-0.3, -0.25) is 0 Å². The number of benzene rings is 2. The fourth-order valence-electron chi connectivity index (χ4n) is 3.44. The molecule has 0 amide bonds. The first-order valence-electron chi connectivity index (χ1n) is 8.93. The number of nitrogens with two attached hydrogens (primary N) is 1. The van der Waals surface area contributed by atoms with Gasteiger partial charge in [-0.15, -0.1) is 0 Å². The summed E-state index contributed by atoms with van der Waals surface area (Å²) in [6.07, 6.45) is 0. The van der Waals surface area contributed by atoms with Crippen molar-refractivity contribution < 1.29 is 9.13 Å². The van der Waals surface area contributed by atoms with Crippen molar-refractivity contribution in [2.24, 2.45) is 10.7 Å². The lowest BCUT2D eigenvalue weighted by Gasteiger charge is -2.36. The number of halogens is 1. The maximum Gasteiger partial charge on any atom is 0.191 e. The Bertz CT molecular complexity index is 798. The lowest BCUT2D eigenvalue weighted by Crippen LogP contribution is -2.51. The van der Waals surface area contributed by atoms with Crippen LogP contribution in [0.15, 0.2) is 47.5 Å². The molecule has 0 radical (unpaired) electrons. The number of guanidine groups is 1. The van der Waals surface area contributed by atoms with Crippen molar-refractivity contribution in [3.8, 4) is 0 Å². The molecule has 2 aromatic carbocycles. The van der Waals surface area contributed by atoms with E-state index in [4.69, 9.17) is 10.5 Å². The van der Waals surface area contributed by atoms with E-state index in [9.17, 15) is 4.39 Å². The van der Waals surface area contributed by atoms with Gasteiger partial charge in [0.05, 0.1) is 19.8 Å². The molecule has 26 heavy (non-hydrogen) atoms. The Hall–Kier alpha value is -2.60. The lowest BCUT2D eigenvalue weighted by molar-refractivity contribution is 0.134. The van der Waals surface area contributed by atoms with Crippen molar-refractivity contribution in [2.75, 3.05) is 31.1 Å². The van der Waals surface area contributed by atoms with Crippen LogP contribution in [0.2, 0.25) is 0 Å². The summed E-state index contributed by atoms with van der Waals surface area (Å²) in [6, 6.07) is 13.0. The van der Waals surface area contributed by atoms with Gasteiger partial charge in [-0.1, -0.05) is 18.2 Å². The first kappa shape index (κ1) is 16.8. The molecule has 0 spiro atoms. The Morgan fingerprint density at radius 1 is 1.00 bits per heavy atom. The molecule has 1 saturated heterocycles. The third-order valence-electron chi connectivity index (χ3n) is 5.00. The molecule has 0 unspecified atom stereocenters. The topological polar surface area (TPSA) is 54.1 Å². The minimum absolute atomic E-state index is 0.207. The highest BCUT2D eigenvalue weighted by Gasteiger charge is 2.18. The van der Waals surface area contributed by atoms with Gasteiger partial charge < -0.3 is 20.3 Å². The van der Waals surface area contributed by atoms with E-state index in [1.165, 1.54) is 23.3 Å². The number of nitrogens with zero attached hydrogens (tertiary/aromatic N) is 3. The predicted octanol–water partition coefficient (Wildman–Crippen LogP) is 2.49. The molecule has 5 nitrogen and oxygen atoms in total. The highest BCUT2D eigenvalue weighted by Crippen LogP contribution is 2.21. The number of fused-ring (bicyclic) bond motifs is 1. The van der Waals surface area contributed by atoms with Crippen molar-refractivity contribution in [3.05, 3.63) is 65.0 Å². The van der Waals surface area contributed by atoms with Crippen LogP contribution in [0.25, 0.3) is 0 Å². The number of ether oxygens (including phenoxy) is 1. The third-order valence-corrected chi connectivity index (χ3v) is 5.00. The van der Waals surface area contributed by atoms with E-state index >= 15 is 0 Å². The number of hydrogen-bond donors (Lipinski definition) is 1. The van der Waals surface area contributed by atoms with E-state index in [0.717, 1.165) is 37.4 Å². The van der Waals surface area contributed by atoms with Gasteiger partial charge in [0, 0.05) is 31.9 Å². The zero-order valence-electron chi connectivity index (χ0n) is 14.7. The van der Waals surface area contributed by atoms with Crippen LogP contribution < -0.4 is 10.6 Å². The maximum absolute atomic E-state index is 13.1. The van der Waals surface area contributed by atoms with Crippen LogP contribution in [0.4, 0.5) is 10.1 Å². The van der Waals surface area contributed by atoms with Crippen LogP contribution in [-0.4, -0.2) is 37.0 Å². The van der Waals surface area contributed by atoms with E-state index < -0.39 is 0 Å². The molecule has 2 heterocycles. The van der Waals surface area contributed by atoms with Crippen LogP contribution >= 0.6 is 0 Å². The van der Waals surface area contributed by atoms with Gasteiger partial charge >= 0.3 is 0 Å². The van der Waals surface area contributed by atoms with Gasteiger partial charge in [-0.25, -0.2) is 9.38 Å². The van der Waals surface area contributed by atoms with E-state index in [0.29, 0.717) is 25.7 Å². The smallest absolute Gasteiger partial charge is 0.191 e. The zero-order chi connectivity index (χ0) is 17.9. The van der Waals surface area contributed by atoms with Crippen LogP contribution in [0.1, 0.15) is 16.7 Å². The number of hydrogen-bond acceptors (Lipinski definition) is 3. The second kappa shape index (κ2) is 7.33. The summed E-state index contributed by atoms with van der Waals surface area (Å²) in [7, 11) is 0. The van der Waals surface area contributed by atoms with E-state index in [-0.39, 0.29) is 5.82 Å². The summed E-state index contributed by atoms with van der Waals surface area (Å²) < 4.78 is 18.5. The third kappa shape index (κ3) is 3.65. The Kier molecular flexibility index (Phi) is 4.75. The van der Waals surface area contributed by atoms with Crippen molar-refractivity contribution in [1.29, 1.82) is 0 Å². The summed E-state index contributed by atoms with van der Waals surface area (Å²) in [6.45, 7) is 5.29. The molecule has 0 atom stereocenters. The van der Waals surface area contributed by atoms with Gasteiger partial charge in [0.2, 0.25) is 0 Å². The van der Waals surface area contributed by atoms with Crippen LogP contribution in [0, 0.1) is 5.82 Å². The molecular formula is C20H23FN4O. The molecular weight excluding hydrogens is 331 g/mol. The van der Waals surface area contributed by atoms with Crippen molar-refractivity contribution in [3.63, 3.8) is 0 Å². The average Bonchev–Trinajstić information content (AvgIpc) is 3.15. The second-order valence-corrected chi connectivity index (χ2v) is 6.72. The van der Waals surface area contributed by atoms with Gasteiger partial charge in [0.15, 0.2) is 5.96 Å². The van der Waals surface area contributed by atoms with Crippen LogP contribution in [-0.2, 0) is 24.5 Å². The normalized spacial score (nSPS) is 17.5. The highest BCUT2D eigenvalue weighted by molar-refractivity contribution is 5.78. The van der Waals surface area contributed by atoms with E-state index in [2.05, 4.69) is 33.0 Å². The number of rotatable bonds is 3. The molecule has 6 heteroatoms. The number of aliphatic imine (C=N–C) groups is 1. The number of piperazine rings is 1.